The van der Waals surface area contributed by atoms with Crippen LogP contribution in [0, 0.1) is 6.92 Å². The number of carbonyl (C=O) groups excluding carboxylic acids is 2. The van der Waals surface area contributed by atoms with E-state index in [4.69, 9.17) is 17.0 Å². The monoisotopic (exact) mass is 385 g/mol. The molecule has 27 heavy (non-hydrogen) atoms. The van der Waals surface area contributed by atoms with Crippen molar-refractivity contribution >= 4 is 29.1 Å². The van der Waals surface area contributed by atoms with Crippen LogP contribution in [0.5, 0.6) is 5.75 Å². The summed E-state index contributed by atoms with van der Waals surface area (Å²) < 4.78 is 5.58. The maximum Gasteiger partial charge on any atom is 0.276 e. The first kappa shape index (κ1) is 20.4. The van der Waals surface area contributed by atoms with E-state index in [1.54, 1.807) is 12.1 Å². The lowest BCUT2D eigenvalue weighted by atomic mass is 10.0. The fourth-order valence-corrected chi connectivity index (χ4v) is 2.57. The van der Waals surface area contributed by atoms with Crippen LogP contribution in [0.15, 0.2) is 48.5 Å². The van der Waals surface area contributed by atoms with Gasteiger partial charge in [-0.25, -0.2) is 0 Å². The van der Waals surface area contributed by atoms with Crippen LogP contribution in [-0.4, -0.2) is 23.5 Å². The van der Waals surface area contributed by atoms with E-state index in [1.165, 1.54) is 0 Å². The summed E-state index contributed by atoms with van der Waals surface area (Å²) >= 11 is 5.03. The van der Waals surface area contributed by atoms with E-state index >= 15 is 0 Å². The number of hydrogen-bond donors (Lipinski definition) is 3. The third-order valence-electron chi connectivity index (χ3n) is 3.83. The Morgan fingerprint density at radius 2 is 1.70 bits per heavy atom. The van der Waals surface area contributed by atoms with Crippen molar-refractivity contribution in [2.75, 3.05) is 6.61 Å². The molecule has 142 valence electrons. The Morgan fingerprint density at radius 1 is 1.04 bits per heavy atom. The van der Waals surface area contributed by atoms with Crippen molar-refractivity contribution in [3.05, 3.63) is 65.2 Å². The lowest BCUT2D eigenvalue weighted by molar-refractivity contribution is -0.123. The number of amides is 2. The number of thiocarbonyl (C=S) groups is 1. The molecule has 0 unspecified atom stereocenters. The molecule has 7 heteroatoms. The Kier molecular flexibility index (Phi) is 7.31. The fraction of sp³-hybridized carbons (Fsp3) is 0.250. The second-order valence-electron chi connectivity index (χ2n) is 6.25. The highest BCUT2D eigenvalue weighted by molar-refractivity contribution is 7.80. The summed E-state index contributed by atoms with van der Waals surface area (Å²) in [5.74, 6) is 0.188. The van der Waals surface area contributed by atoms with Crippen LogP contribution in [0.1, 0.15) is 41.3 Å². The predicted octanol–water partition coefficient (Wildman–Crippen LogP) is 2.83. The molecule has 0 heterocycles. The summed E-state index contributed by atoms with van der Waals surface area (Å²) in [5, 5.41) is 2.52. The molecule has 0 saturated heterocycles. The SMILES string of the molecule is Cc1ccccc1C(=O)NC(=S)NNC(=O)COc1ccccc1C(C)C. The van der Waals surface area contributed by atoms with Gasteiger partial charge in [-0.2, -0.15) is 0 Å². The Hall–Kier alpha value is -2.93. The van der Waals surface area contributed by atoms with Crippen molar-refractivity contribution < 1.29 is 14.3 Å². The molecule has 2 amide bonds. The molecule has 0 aliphatic rings. The van der Waals surface area contributed by atoms with Gasteiger partial charge in [0.15, 0.2) is 11.7 Å². The van der Waals surface area contributed by atoms with E-state index in [2.05, 4.69) is 30.0 Å². The van der Waals surface area contributed by atoms with Gasteiger partial charge in [0.1, 0.15) is 5.75 Å². The van der Waals surface area contributed by atoms with Gasteiger partial charge in [0.2, 0.25) is 0 Å². The van der Waals surface area contributed by atoms with Gasteiger partial charge in [0.05, 0.1) is 0 Å². The maximum absolute atomic E-state index is 12.2. The molecule has 0 atom stereocenters. The average Bonchev–Trinajstić information content (AvgIpc) is 2.65. The molecular weight excluding hydrogens is 362 g/mol. The molecule has 6 nitrogen and oxygen atoms in total. The number of para-hydroxylation sites is 1. The minimum Gasteiger partial charge on any atom is -0.483 e. The summed E-state index contributed by atoms with van der Waals surface area (Å²) in [6.45, 7) is 5.77. The molecule has 0 radical (unpaired) electrons. The van der Waals surface area contributed by atoms with E-state index in [9.17, 15) is 9.59 Å². The highest BCUT2D eigenvalue weighted by atomic mass is 32.1. The molecule has 2 aromatic carbocycles. The first-order valence-corrected chi connectivity index (χ1v) is 8.97. The Labute approximate surface area is 164 Å². The minimum atomic E-state index is -0.416. The van der Waals surface area contributed by atoms with Gasteiger partial charge >= 0.3 is 0 Å². The molecule has 0 spiro atoms. The zero-order chi connectivity index (χ0) is 19.8. The number of aryl methyl sites for hydroxylation is 1. The van der Waals surface area contributed by atoms with Crippen LogP contribution in [0.25, 0.3) is 0 Å². The van der Waals surface area contributed by atoms with Crippen molar-refractivity contribution in [3.63, 3.8) is 0 Å². The van der Waals surface area contributed by atoms with Crippen LogP contribution in [0.2, 0.25) is 0 Å². The van der Waals surface area contributed by atoms with Crippen molar-refractivity contribution in [1.29, 1.82) is 0 Å². The van der Waals surface area contributed by atoms with Crippen LogP contribution >= 0.6 is 12.2 Å². The lowest BCUT2D eigenvalue weighted by Gasteiger charge is -2.14. The highest BCUT2D eigenvalue weighted by Crippen LogP contribution is 2.25. The van der Waals surface area contributed by atoms with Crippen LogP contribution in [-0.2, 0) is 4.79 Å². The molecule has 0 aliphatic carbocycles. The summed E-state index contributed by atoms with van der Waals surface area (Å²) in [6, 6.07) is 14.7. The first-order chi connectivity index (χ1) is 12.9. The third kappa shape index (κ3) is 6.07. The van der Waals surface area contributed by atoms with Gasteiger partial charge in [-0.3, -0.25) is 25.8 Å². The Bertz CT molecular complexity index is 837. The number of rotatable bonds is 5. The second-order valence-corrected chi connectivity index (χ2v) is 6.66. The van der Waals surface area contributed by atoms with E-state index in [1.807, 2.05) is 43.3 Å². The van der Waals surface area contributed by atoms with Crippen molar-refractivity contribution in [1.82, 2.24) is 16.2 Å². The third-order valence-corrected chi connectivity index (χ3v) is 4.04. The summed E-state index contributed by atoms with van der Waals surface area (Å²) in [6.07, 6.45) is 0. The predicted molar refractivity (Wildman–Crippen MR) is 109 cm³/mol. The maximum atomic E-state index is 12.2. The molecule has 0 bridgehead atoms. The van der Waals surface area contributed by atoms with E-state index in [0.29, 0.717) is 11.3 Å². The van der Waals surface area contributed by atoms with E-state index in [-0.39, 0.29) is 23.5 Å². The average molecular weight is 385 g/mol. The topological polar surface area (TPSA) is 79.5 Å². The molecule has 0 fully saturated rings. The second kappa shape index (κ2) is 9.68. The van der Waals surface area contributed by atoms with Crippen LogP contribution < -0.4 is 20.9 Å². The van der Waals surface area contributed by atoms with Gasteiger partial charge in [-0.05, 0) is 48.3 Å². The first-order valence-electron chi connectivity index (χ1n) is 8.56. The number of hydrazine groups is 1. The number of hydrogen-bond acceptors (Lipinski definition) is 4. The Morgan fingerprint density at radius 3 is 2.41 bits per heavy atom. The quantitative estimate of drug-likeness (QED) is 0.545. The fourth-order valence-electron chi connectivity index (χ4n) is 2.42. The zero-order valence-electron chi connectivity index (χ0n) is 15.5. The lowest BCUT2D eigenvalue weighted by Crippen LogP contribution is -2.49. The van der Waals surface area contributed by atoms with Crippen LogP contribution in [0.4, 0.5) is 0 Å². The normalized spacial score (nSPS) is 10.2. The van der Waals surface area contributed by atoms with E-state index < -0.39 is 5.91 Å². The van der Waals surface area contributed by atoms with Gasteiger partial charge in [-0.15, -0.1) is 0 Å². The summed E-state index contributed by atoms with van der Waals surface area (Å²) in [5.41, 5.74) is 7.27. The Balaban J connectivity index is 1.79. The largest absolute Gasteiger partial charge is 0.483 e. The van der Waals surface area contributed by atoms with Gasteiger partial charge in [0.25, 0.3) is 11.8 Å². The number of carbonyl (C=O) groups is 2. The molecule has 3 N–H and O–H groups in total. The smallest absolute Gasteiger partial charge is 0.276 e. The highest BCUT2D eigenvalue weighted by Gasteiger charge is 2.12. The van der Waals surface area contributed by atoms with Crippen molar-refractivity contribution in [2.24, 2.45) is 0 Å². The van der Waals surface area contributed by atoms with Gasteiger partial charge < -0.3 is 4.74 Å². The number of nitrogens with one attached hydrogen (secondary N) is 3. The van der Waals surface area contributed by atoms with Crippen molar-refractivity contribution in [2.45, 2.75) is 26.7 Å². The van der Waals surface area contributed by atoms with Gasteiger partial charge in [-0.1, -0.05) is 50.2 Å². The summed E-state index contributed by atoms with van der Waals surface area (Å²) in [7, 11) is 0. The van der Waals surface area contributed by atoms with Crippen molar-refractivity contribution in [3.8, 4) is 5.75 Å². The molecule has 2 aromatic rings. The zero-order valence-corrected chi connectivity index (χ0v) is 16.4. The number of benzene rings is 2. The van der Waals surface area contributed by atoms with Crippen LogP contribution in [0.3, 0.4) is 0 Å². The summed E-state index contributed by atoms with van der Waals surface area (Å²) in [4.78, 5) is 24.1. The standard InChI is InChI=1S/C20H23N3O3S/c1-13(2)15-9-6-7-11-17(15)26-12-18(24)22-23-20(27)21-19(25)16-10-5-4-8-14(16)3/h4-11,13H,12H2,1-3H3,(H,22,24)(H2,21,23,25,27). The molecule has 2 rings (SSSR count). The molecule has 0 aliphatic heterocycles. The van der Waals surface area contributed by atoms with E-state index in [0.717, 1.165) is 11.1 Å². The number of ether oxygens (including phenoxy) is 1. The van der Waals surface area contributed by atoms with Gasteiger partial charge in [0, 0.05) is 5.56 Å². The minimum absolute atomic E-state index is 0.000756. The molecule has 0 aromatic heterocycles. The molecule has 0 saturated carbocycles. The molecular formula is C20H23N3O3S.